The van der Waals surface area contributed by atoms with Crippen molar-refractivity contribution in [2.75, 3.05) is 5.32 Å². The molecule has 1 amide bonds. The minimum atomic E-state index is 0.00108. The molecule has 7 heteroatoms. The summed E-state index contributed by atoms with van der Waals surface area (Å²) in [6.07, 6.45) is 5.50. The van der Waals surface area contributed by atoms with Crippen LogP contribution in [0, 0.1) is 5.92 Å². The van der Waals surface area contributed by atoms with E-state index >= 15 is 0 Å². The van der Waals surface area contributed by atoms with Crippen LogP contribution in [0.2, 0.25) is 5.02 Å². The number of halogens is 1. The molecule has 0 saturated heterocycles. The monoisotopic (exact) mass is 339 g/mol. The number of nitrogens with zero attached hydrogens (tertiary/aromatic N) is 4. The molecule has 0 aliphatic heterocycles. The van der Waals surface area contributed by atoms with Crippen LogP contribution in [0.3, 0.4) is 0 Å². The molecule has 0 radical (unpaired) electrons. The average Bonchev–Trinajstić information content (AvgIpc) is 3.21. The van der Waals surface area contributed by atoms with Gasteiger partial charge in [0.25, 0.3) is 0 Å². The van der Waals surface area contributed by atoms with E-state index in [1.54, 1.807) is 23.3 Å². The highest BCUT2D eigenvalue weighted by atomic mass is 35.5. The van der Waals surface area contributed by atoms with Gasteiger partial charge in [-0.15, -0.1) is 0 Å². The summed E-state index contributed by atoms with van der Waals surface area (Å²) in [6, 6.07) is 11.3. The lowest BCUT2D eigenvalue weighted by atomic mass is 10.1. The molecule has 0 bridgehead atoms. The van der Waals surface area contributed by atoms with Gasteiger partial charge in [-0.05, 0) is 42.2 Å². The van der Waals surface area contributed by atoms with Crippen LogP contribution in [0.25, 0.3) is 5.82 Å². The summed E-state index contributed by atoms with van der Waals surface area (Å²) in [5.41, 5.74) is 1.82. The quantitative estimate of drug-likeness (QED) is 0.793. The van der Waals surface area contributed by atoms with Crippen molar-refractivity contribution in [2.24, 2.45) is 5.92 Å². The molecule has 4 rings (SSSR count). The molecular weight excluding hydrogens is 326 g/mol. The number of anilines is 1. The molecule has 24 heavy (non-hydrogen) atoms. The Balaban J connectivity index is 1.39. The highest BCUT2D eigenvalue weighted by Gasteiger charge is 2.43. The number of rotatable bonds is 4. The van der Waals surface area contributed by atoms with Crippen LogP contribution in [-0.2, 0) is 4.79 Å². The van der Waals surface area contributed by atoms with Crippen molar-refractivity contribution in [1.29, 1.82) is 0 Å². The van der Waals surface area contributed by atoms with Gasteiger partial charge in [0.2, 0.25) is 5.91 Å². The van der Waals surface area contributed by atoms with Gasteiger partial charge in [-0.1, -0.05) is 23.7 Å². The fraction of sp³-hybridized carbons (Fsp3) is 0.176. The first-order valence-corrected chi connectivity index (χ1v) is 7.96. The third kappa shape index (κ3) is 3.00. The summed E-state index contributed by atoms with van der Waals surface area (Å²) in [7, 11) is 0. The van der Waals surface area contributed by atoms with Gasteiger partial charge in [-0.3, -0.25) is 4.79 Å². The maximum Gasteiger partial charge on any atom is 0.228 e. The number of carbonyl (C=O) groups is 1. The number of hydrogen-bond acceptors (Lipinski definition) is 4. The minimum absolute atomic E-state index is 0.00108. The van der Waals surface area contributed by atoms with E-state index < -0.39 is 0 Å². The second kappa shape index (κ2) is 6.05. The standard InChI is InChI=1S/C17H14ClN5O/c18-12-3-1-11(2-4-12)14-7-15(14)17(24)22-13-5-6-16(20-8-13)23-10-19-9-21-23/h1-6,8-10,14-15H,7H2,(H,22,24)/t14-,15-/m0/s1. The van der Waals surface area contributed by atoms with Crippen molar-refractivity contribution in [3.63, 3.8) is 0 Å². The fourth-order valence-corrected chi connectivity index (χ4v) is 2.85. The van der Waals surface area contributed by atoms with E-state index in [0.29, 0.717) is 16.5 Å². The number of amides is 1. The maximum absolute atomic E-state index is 12.3. The van der Waals surface area contributed by atoms with E-state index in [0.717, 1.165) is 12.0 Å². The number of nitrogens with one attached hydrogen (secondary N) is 1. The molecule has 2 aromatic heterocycles. The molecule has 1 N–H and O–H groups in total. The summed E-state index contributed by atoms with van der Waals surface area (Å²) < 4.78 is 1.56. The number of aromatic nitrogens is 4. The van der Waals surface area contributed by atoms with Gasteiger partial charge in [0, 0.05) is 10.9 Å². The molecular formula is C17H14ClN5O. The number of pyridine rings is 1. The average molecular weight is 340 g/mol. The van der Waals surface area contributed by atoms with Crippen LogP contribution in [0.15, 0.2) is 55.2 Å². The third-order valence-corrected chi connectivity index (χ3v) is 4.35. The predicted molar refractivity (Wildman–Crippen MR) is 90.1 cm³/mol. The van der Waals surface area contributed by atoms with E-state index in [1.807, 2.05) is 30.3 Å². The Morgan fingerprint density at radius 1 is 1.21 bits per heavy atom. The summed E-state index contributed by atoms with van der Waals surface area (Å²) in [6.45, 7) is 0. The topological polar surface area (TPSA) is 72.7 Å². The Bertz CT molecular complexity index is 846. The van der Waals surface area contributed by atoms with Crippen LogP contribution in [0.5, 0.6) is 0 Å². The van der Waals surface area contributed by atoms with Crippen LogP contribution >= 0.6 is 11.6 Å². The zero-order chi connectivity index (χ0) is 16.5. The Labute approximate surface area is 143 Å². The predicted octanol–water partition coefficient (Wildman–Crippen LogP) is 3.06. The summed E-state index contributed by atoms with van der Waals surface area (Å²) in [5, 5.41) is 7.63. The number of hydrogen-bond donors (Lipinski definition) is 1. The van der Waals surface area contributed by atoms with Crippen LogP contribution in [0.1, 0.15) is 17.9 Å². The van der Waals surface area contributed by atoms with Crippen molar-refractivity contribution < 1.29 is 4.79 Å². The van der Waals surface area contributed by atoms with Crippen LogP contribution in [-0.4, -0.2) is 25.7 Å². The van der Waals surface area contributed by atoms with Gasteiger partial charge in [-0.2, -0.15) is 5.10 Å². The summed E-state index contributed by atoms with van der Waals surface area (Å²) >= 11 is 5.90. The van der Waals surface area contributed by atoms with E-state index in [1.165, 1.54) is 6.33 Å². The molecule has 1 fully saturated rings. The van der Waals surface area contributed by atoms with Gasteiger partial charge in [0.15, 0.2) is 5.82 Å². The summed E-state index contributed by atoms with van der Waals surface area (Å²) in [5.74, 6) is 0.937. The first-order valence-electron chi connectivity index (χ1n) is 7.58. The fourth-order valence-electron chi connectivity index (χ4n) is 2.72. The smallest absolute Gasteiger partial charge is 0.228 e. The number of carbonyl (C=O) groups excluding carboxylic acids is 1. The third-order valence-electron chi connectivity index (χ3n) is 4.09. The highest BCUT2D eigenvalue weighted by Crippen LogP contribution is 2.48. The SMILES string of the molecule is O=C(Nc1ccc(-n2cncn2)nc1)[C@H]1C[C@H]1c1ccc(Cl)cc1. The second-order valence-electron chi connectivity index (χ2n) is 5.73. The lowest BCUT2D eigenvalue weighted by molar-refractivity contribution is -0.117. The van der Waals surface area contributed by atoms with Crippen molar-refractivity contribution in [3.8, 4) is 5.82 Å². The Kier molecular flexibility index (Phi) is 3.74. The highest BCUT2D eigenvalue weighted by molar-refractivity contribution is 6.30. The molecule has 0 spiro atoms. The zero-order valence-corrected chi connectivity index (χ0v) is 13.4. The lowest BCUT2D eigenvalue weighted by Crippen LogP contribution is -2.15. The van der Waals surface area contributed by atoms with Crippen LogP contribution < -0.4 is 5.32 Å². The van der Waals surface area contributed by atoms with Gasteiger partial charge in [0.1, 0.15) is 12.7 Å². The second-order valence-corrected chi connectivity index (χ2v) is 6.17. The molecule has 2 heterocycles. The molecule has 1 saturated carbocycles. The van der Waals surface area contributed by atoms with E-state index in [4.69, 9.17) is 11.6 Å². The Morgan fingerprint density at radius 3 is 2.71 bits per heavy atom. The van der Waals surface area contributed by atoms with Crippen molar-refractivity contribution >= 4 is 23.2 Å². The van der Waals surface area contributed by atoms with Crippen molar-refractivity contribution in [3.05, 3.63) is 65.8 Å². The van der Waals surface area contributed by atoms with Gasteiger partial charge in [0.05, 0.1) is 11.9 Å². The molecule has 6 nitrogen and oxygen atoms in total. The molecule has 1 aliphatic carbocycles. The maximum atomic E-state index is 12.3. The van der Waals surface area contributed by atoms with E-state index in [-0.39, 0.29) is 17.7 Å². The first kappa shape index (κ1) is 14.8. The van der Waals surface area contributed by atoms with Crippen LogP contribution in [0.4, 0.5) is 5.69 Å². The van der Waals surface area contributed by atoms with Crippen molar-refractivity contribution in [2.45, 2.75) is 12.3 Å². The van der Waals surface area contributed by atoms with E-state index in [9.17, 15) is 4.79 Å². The van der Waals surface area contributed by atoms with Gasteiger partial charge < -0.3 is 5.32 Å². The molecule has 1 aliphatic rings. The van der Waals surface area contributed by atoms with Crippen molar-refractivity contribution in [1.82, 2.24) is 19.7 Å². The Hall–Kier alpha value is -2.73. The molecule has 2 atom stereocenters. The van der Waals surface area contributed by atoms with E-state index in [2.05, 4.69) is 20.4 Å². The largest absolute Gasteiger partial charge is 0.324 e. The minimum Gasteiger partial charge on any atom is -0.324 e. The number of benzene rings is 1. The Morgan fingerprint density at radius 2 is 2.04 bits per heavy atom. The molecule has 3 aromatic rings. The molecule has 0 unspecified atom stereocenters. The lowest BCUT2D eigenvalue weighted by Gasteiger charge is -2.06. The van der Waals surface area contributed by atoms with Gasteiger partial charge >= 0.3 is 0 Å². The van der Waals surface area contributed by atoms with Gasteiger partial charge in [-0.25, -0.2) is 14.6 Å². The molecule has 1 aromatic carbocycles. The first-order chi connectivity index (χ1) is 11.7. The summed E-state index contributed by atoms with van der Waals surface area (Å²) in [4.78, 5) is 20.5. The molecule has 120 valence electrons. The zero-order valence-electron chi connectivity index (χ0n) is 12.6. The normalized spacial score (nSPS) is 19.0.